The highest BCUT2D eigenvalue weighted by Crippen LogP contribution is 2.44. The second-order valence-electron chi connectivity index (χ2n) is 7.89. The van der Waals surface area contributed by atoms with E-state index in [0.29, 0.717) is 0 Å². The van der Waals surface area contributed by atoms with E-state index in [1.54, 1.807) is 0 Å². The Balaban J connectivity index is 1.65. The number of fused-ring (bicyclic) bond motifs is 3. The van der Waals surface area contributed by atoms with E-state index in [2.05, 4.69) is 11.2 Å². The summed E-state index contributed by atoms with van der Waals surface area (Å²) in [4.78, 5) is 37.5. The summed E-state index contributed by atoms with van der Waals surface area (Å²) in [6.07, 6.45) is 4.58. The number of carboxylic acid groups (broad SMARTS) is 1. The molecule has 2 unspecified atom stereocenters. The number of hydrogen-bond acceptors (Lipinski definition) is 4. The molecule has 0 aliphatic heterocycles. The van der Waals surface area contributed by atoms with Crippen LogP contribution in [0.25, 0.3) is 11.1 Å². The van der Waals surface area contributed by atoms with Gasteiger partial charge in [0.15, 0.2) is 0 Å². The zero-order valence-corrected chi connectivity index (χ0v) is 18.1. The lowest BCUT2D eigenvalue weighted by Gasteiger charge is -2.25. The molecular formula is C25H26N2O5. The molecule has 2 amide bonds. The van der Waals surface area contributed by atoms with Gasteiger partial charge in [0.2, 0.25) is 5.91 Å². The third-order valence-electron chi connectivity index (χ3n) is 5.60. The number of nitrogens with one attached hydrogen (secondary N) is 1. The van der Waals surface area contributed by atoms with E-state index in [9.17, 15) is 14.4 Å². The minimum Gasteiger partial charge on any atom is -0.481 e. The van der Waals surface area contributed by atoms with E-state index in [0.717, 1.165) is 22.3 Å². The van der Waals surface area contributed by atoms with Crippen molar-refractivity contribution in [3.63, 3.8) is 0 Å². The number of likely N-dealkylation sites (N-methyl/N-ethyl adjacent to an activating group) is 1. The van der Waals surface area contributed by atoms with Gasteiger partial charge >= 0.3 is 12.1 Å². The molecule has 0 aromatic heterocycles. The predicted octanol–water partition coefficient (Wildman–Crippen LogP) is 3.10. The van der Waals surface area contributed by atoms with Crippen LogP contribution < -0.4 is 5.32 Å². The van der Waals surface area contributed by atoms with Crippen LogP contribution in [0.3, 0.4) is 0 Å². The smallest absolute Gasteiger partial charge is 0.407 e. The van der Waals surface area contributed by atoms with Gasteiger partial charge in [0.25, 0.3) is 0 Å². The zero-order chi connectivity index (χ0) is 23.3. The lowest BCUT2D eigenvalue weighted by molar-refractivity contribution is -0.143. The summed E-state index contributed by atoms with van der Waals surface area (Å²) in [6, 6.07) is 15.0. The molecule has 2 aromatic carbocycles. The van der Waals surface area contributed by atoms with Crippen molar-refractivity contribution >= 4 is 18.0 Å². The Morgan fingerprint density at radius 3 is 2.22 bits per heavy atom. The fraction of sp³-hybridized carbons (Fsp3) is 0.320. The van der Waals surface area contributed by atoms with Gasteiger partial charge < -0.3 is 20.1 Å². The van der Waals surface area contributed by atoms with Gasteiger partial charge in [-0.1, -0.05) is 55.5 Å². The van der Waals surface area contributed by atoms with E-state index in [-0.39, 0.29) is 25.5 Å². The van der Waals surface area contributed by atoms with Crippen LogP contribution in [0, 0.1) is 18.3 Å². The van der Waals surface area contributed by atoms with Crippen molar-refractivity contribution in [2.45, 2.75) is 25.3 Å². The highest BCUT2D eigenvalue weighted by atomic mass is 16.5. The molecule has 1 aliphatic rings. The lowest BCUT2D eigenvalue weighted by Crippen LogP contribution is -2.48. The lowest BCUT2D eigenvalue weighted by atomic mass is 9.98. The number of terminal acetylenes is 1. The molecule has 0 saturated heterocycles. The van der Waals surface area contributed by atoms with Gasteiger partial charge in [0, 0.05) is 25.9 Å². The molecule has 7 nitrogen and oxygen atoms in total. The maximum atomic E-state index is 12.7. The molecule has 2 atom stereocenters. The van der Waals surface area contributed by atoms with Crippen LogP contribution in [0.1, 0.15) is 30.4 Å². The SMILES string of the molecule is C#CCC(NC(=O)OCC1c2ccccc2-c2ccccc21)C(=O)N(C)CC(C)C(=O)O. The average molecular weight is 434 g/mol. The molecule has 0 bridgehead atoms. The van der Waals surface area contributed by atoms with Crippen molar-refractivity contribution < 1.29 is 24.2 Å². The first-order valence-corrected chi connectivity index (χ1v) is 10.4. The number of benzene rings is 2. The van der Waals surface area contributed by atoms with Crippen LogP contribution in [0.15, 0.2) is 48.5 Å². The molecule has 2 aromatic rings. The fourth-order valence-corrected chi connectivity index (χ4v) is 3.95. The average Bonchev–Trinajstić information content (AvgIpc) is 3.10. The Bertz CT molecular complexity index is 1010. The number of alkyl carbamates (subject to hydrolysis) is 1. The summed E-state index contributed by atoms with van der Waals surface area (Å²) in [5.74, 6) is 0.0465. The molecule has 166 valence electrons. The topological polar surface area (TPSA) is 95.9 Å². The van der Waals surface area contributed by atoms with E-state index in [1.807, 2.05) is 48.5 Å². The van der Waals surface area contributed by atoms with Crippen molar-refractivity contribution in [1.29, 1.82) is 0 Å². The van der Waals surface area contributed by atoms with Gasteiger partial charge in [0.05, 0.1) is 5.92 Å². The van der Waals surface area contributed by atoms with Crippen molar-refractivity contribution in [2.75, 3.05) is 20.2 Å². The first kappa shape index (κ1) is 22.9. The number of hydrogen-bond donors (Lipinski definition) is 2. The van der Waals surface area contributed by atoms with Crippen LogP contribution in [0.4, 0.5) is 4.79 Å². The summed E-state index contributed by atoms with van der Waals surface area (Å²) < 4.78 is 5.48. The number of amides is 2. The normalized spacial score (nSPS) is 13.8. The summed E-state index contributed by atoms with van der Waals surface area (Å²) in [7, 11) is 1.48. The van der Waals surface area contributed by atoms with E-state index >= 15 is 0 Å². The third kappa shape index (κ3) is 4.92. The van der Waals surface area contributed by atoms with Crippen LogP contribution in [-0.4, -0.2) is 54.2 Å². The minimum atomic E-state index is -1.01. The van der Waals surface area contributed by atoms with Crippen LogP contribution >= 0.6 is 0 Å². The predicted molar refractivity (Wildman–Crippen MR) is 120 cm³/mol. The summed E-state index contributed by atoms with van der Waals surface area (Å²) in [6.45, 7) is 1.62. The summed E-state index contributed by atoms with van der Waals surface area (Å²) in [5, 5.41) is 11.6. The first-order valence-electron chi connectivity index (χ1n) is 10.4. The zero-order valence-electron chi connectivity index (χ0n) is 18.1. The van der Waals surface area contributed by atoms with Crippen LogP contribution in [0.2, 0.25) is 0 Å². The number of carboxylic acids is 1. The maximum absolute atomic E-state index is 12.7. The molecule has 1 aliphatic carbocycles. The Labute approximate surface area is 187 Å². The van der Waals surface area contributed by atoms with Gasteiger partial charge in [-0.2, -0.15) is 0 Å². The Kier molecular flexibility index (Phi) is 7.16. The van der Waals surface area contributed by atoms with Crippen LogP contribution in [-0.2, 0) is 14.3 Å². The molecule has 0 saturated carbocycles. The third-order valence-corrected chi connectivity index (χ3v) is 5.60. The number of carbonyl (C=O) groups is 3. The Morgan fingerprint density at radius 2 is 1.69 bits per heavy atom. The maximum Gasteiger partial charge on any atom is 0.407 e. The Hall–Kier alpha value is -3.79. The van der Waals surface area contributed by atoms with Crippen molar-refractivity contribution in [2.24, 2.45) is 5.92 Å². The summed E-state index contributed by atoms with van der Waals surface area (Å²) >= 11 is 0. The van der Waals surface area contributed by atoms with Crippen LogP contribution in [0.5, 0.6) is 0 Å². The molecule has 3 rings (SSSR count). The number of ether oxygens (including phenoxy) is 1. The van der Waals surface area contributed by atoms with E-state index in [4.69, 9.17) is 16.3 Å². The van der Waals surface area contributed by atoms with Crippen molar-refractivity contribution in [1.82, 2.24) is 10.2 Å². The quantitative estimate of drug-likeness (QED) is 0.623. The molecule has 0 spiro atoms. The number of rotatable bonds is 8. The van der Waals surface area contributed by atoms with Gasteiger partial charge in [-0.25, -0.2) is 4.79 Å². The molecule has 7 heteroatoms. The van der Waals surface area contributed by atoms with E-state index < -0.39 is 29.9 Å². The Morgan fingerprint density at radius 1 is 1.12 bits per heavy atom. The van der Waals surface area contributed by atoms with Gasteiger partial charge in [0.1, 0.15) is 12.6 Å². The number of aliphatic carboxylic acids is 1. The highest BCUT2D eigenvalue weighted by Gasteiger charge is 2.30. The molecule has 2 N–H and O–H groups in total. The minimum absolute atomic E-state index is 0.00160. The highest BCUT2D eigenvalue weighted by molar-refractivity contribution is 5.86. The molecule has 0 radical (unpaired) electrons. The first-order chi connectivity index (χ1) is 15.3. The van der Waals surface area contributed by atoms with E-state index in [1.165, 1.54) is 18.9 Å². The number of carbonyl (C=O) groups excluding carboxylic acids is 2. The summed E-state index contributed by atoms with van der Waals surface area (Å²) in [5.41, 5.74) is 4.40. The van der Waals surface area contributed by atoms with Gasteiger partial charge in [-0.3, -0.25) is 9.59 Å². The second kappa shape index (κ2) is 10.0. The van der Waals surface area contributed by atoms with Gasteiger partial charge in [-0.15, -0.1) is 12.3 Å². The standard InChI is InChI=1S/C25H26N2O5/c1-4-9-22(23(28)27(3)14-16(2)24(29)30)26-25(31)32-15-21-19-12-7-5-10-17(19)18-11-6-8-13-20(18)21/h1,5-8,10-13,16,21-22H,9,14-15H2,2-3H3,(H,26,31)(H,29,30). The monoisotopic (exact) mass is 434 g/mol. The largest absolute Gasteiger partial charge is 0.481 e. The fourth-order valence-electron chi connectivity index (χ4n) is 3.95. The molecule has 0 heterocycles. The molecular weight excluding hydrogens is 408 g/mol. The molecule has 32 heavy (non-hydrogen) atoms. The number of nitrogens with zero attached hydrogens (tertiary/aromatic N) is 1. The van der Waals surface area contributed by atoms with Gasteiger partial charge in [-0.05, 0) is 22.3 Å². The van der Waals surface area contributed by atoms with Crippen molar-refractivity contribution in [3.8, 4) is 23.5 Å². The van der Waals surface area contributed by atoms with Crippen molar-refractivity contribution in [3.05, 3.63) is 59.7 Å². The second-order valence-corrected chi connectivity index (χ2v) is 7.89. The molecule has 0 fully saturated rings.